The lowest BCUT2D eigenvalue weighted by Crippen LogP contribution is -2.39. The molecule has 0 fully saturated rings. The van der Waals surface area contributed by atoms with Crippen molar-refractivity contribution in [3.05, 3.63) is 24.0 Å². The summed E-state index contributed by atoms with van der Waals surface area (Å²) in [6, 6.07) is 2.91. The first-order valence-electron chi connectivity index (χ1n) is 6.44. The molecule has 1 rings (SSSR count). The van der Waals surface area contributed by atoms with Crippen LogP contribution in [-0.2, 0) is 10.0 Å². The maximum Gasteiger partial charge on any atom is 0.244 e. The van der Waals surface area contributed by atoms with E-state index in [0.717, 1.165) is 0 Å². The fourth-order valence-electron chi connectivity index (χ4n) is 1.76. The summed E-state index contributed by atoms with van der Waals surface area (Å²) < 4.78 is 26.7. The molecule has 5 nitrogen and oxygen atoms in total. The molecule has 0 atom stereocenters. The van der Waals surface area contributed by atoms with Crippen molar-refractivity contribution >= 4 is 27.2 Å². The summed E-state index contributed by atoms with van der Waals surface area (Å²) >= 11 is 4.80. The summed E-state index contributed by atoms with van der Waals surface area (Å²) in [4.78, 5) is 4.30. The van der Waals surface area contributed by atoms with Crippen LogP contribution < -0.4 is 5.73 Å². The molecule has 0 unspecified atom stereocenters. The predicted octanol–water partition coefficient (Wildman–Crippen LogP) is 1.77. The van der Waals surface area contributed by atoms with E-state index in [0.29, 0.717) is 12.2 Å². The maximum absolute atomic E-state index is 12.6. The summed E-state index contributed by atoms with van der Waals surface area (Å²) in [5.74, 6) is 0.246. The largest absolute Gasteiger partial charge is 0.388 e. The van der Waals surface area contributed by atoms with Gasteiger partial charge in [-0.15, -0.1) is 0 Å². The molecule has 0 aliphatic heterocycles. The zero-order chi connectivity index (χ0) is 15.5. The third-order valence-corrected chi connectivity index (χ3v) is 4.95. The van der Waals surface area contributed by atoms with Gasteiger partial charge in [0.1, 0.15) is 9.88 Å². The van der Waals surface area contributed by atoms with Crippen LogP contribution in [0.2, 0.25) is 0 Å². The quantitative estimate of drug-likeness (QED) is 0.810. The van der Waals surface area contributed by atoms with Crippen molar-refractivity contribution in [3.63, 3.8) is 0 Å². The van der Waals surface area contributed by atoms with E-state index in [1.165, 1.54) is 22.6 Å². The molecule has 1 aromatic rings. The van der Waals surface area contributed by atoms with Crippen LogP contribution in [0.1, 0.15) is 33.4 Å². The smallest absolute Gasteiger partial charge is 0.244 e. The highest BCUT2D eigenvalue weighted by Gasteiger charge is 2.27. The van der Waals surface area contributed by atoms with Gasteiger partial charge in [0, 0.05) is 18.8 Å². The Morgan fingerprint density at radius 3 is 2.30 bits per heavy atom. The highest BCUT2D eigenvalue weighted by Crippen LogP contribution is 2.19. The number of pyridine rings is 1. The number of rotatable bonds is 6. The molecule has 0 amide bonds. The SMILES string of the molecule is CC(C)CN(C(C)C)S(=O)(=O)c1ccc(C(N)=S)nc1. The van der Waals surface area contributed by atoms with Crippen molar-refractivity contribution in [1.29, 1.82) is 0 Å². The summed E-state index contributed by atoms with van der Waals surface area (Å²) in [7, 11) is -3.55. The molecule has 0 saturated carbocycles. The average Bonchev–Trinajstić information content (AvgIpc) is 2.35. The molecule has 0 saturated heterocycles. The number of nitrogens with two attached hydrogens (primary N) is 1. The van der Waals surface area contributed by atoms with Gasteiger partial charge < -0.3 is 5.73 Å². The van der Waals surface area contributed by atoms with Gasteiger partial charge in [-0.2, -0.15) is 4.31 Å². The highest BCUT2D eigenvalue weighted by atomic mass is 32.2. The Morgan fingerprint density at radius 2 is 1.95 bits per heavy atom. The van der Waals surface area contributed by atoms with Gasteiger partial charge in [-0.25, -0.2) is 8.42 Å². The predicted molar refractivity (Wildman–Crippen MR) is 84.0 cm³/mol. The van der Waals surface area contributed by atoms with Crippen molar-refractivity contribution in [1.82, 2.24) is 9.29 Å². The number of nitrogens with zero attached hydrogens (tertiary/aromatic N) is 2. The molecular weight excluding hydrogens is 294 g/mol. The lowest BCUT2D eigenvalue weighted by Gasteiger charge is -2.27. The van der Waals surface area contributed by atoms with Gasteiger partial charge in [-0.3, -0.25) is 4.98 Å². The van der Waals surface area contributed by atoms with E-state index in [1.54, 1.807) is 0 Å². The molecule has 0 bridgehead atoms. The lowest BCUT2D eigenvalue weighted by atomic mass is 10.2. The van der Waals surface area contributed by atoms with Gasteiger partial charge in [0.05, 0.1) is 5.69 Å². The molecular formula is C13H21N3O2S2. The third-order valence-electron chi connectivity index (χ3n) is 2.72. The Labute approximate surface area is 126 Å². The minimum Gasteiger partial charge on any atom is -0.388 e. The molecule has 112 valence electrons. The summed E-state index contributed by atoms with van der Waals surface area (Å²) in [5, 5.41) is 0. The first-order chi connectivity index (χ1) is 9.16. The third kappa shape index (κ3) is 3.97. The molecule has 0 aliphatic carbocycles. The fourth-order valence-corrected chi connectivity index (χ4v) is 3.63. The minimum absolute atomic E-state index is 0.113. The van der Waals surface area contributed by atoms with Gasteiger partial charge in [-0.1, -0.05) is 26.1 Å². The Bertz CT molecular complexity index is 566. The van der Waals surface area contributed by atoms with E-state index in [1.807, 2.05) is 27.7 Å². The molecule has 20 heavy (non-hydrogen) atoms. The van der Waals surface area contributed by atoms with Crippen LogP contribution in [-0.4, -0.2) is 35.3 Å². The zero-order valence-corrected chi connectivity index (χ0v) is 13.8. The Morgan fingerprint density at radius 1 is 1.35 bits per heavy atom. The average molecular weight is 315 g/mol. The molecule has 0 spiro atoms. The van der Waals surface area contributed by atoms with Gasteiger partial charge in [-0.05, 0) is 31.9 Å². The van der Waals surface area contributed by atoms with E-state index in [9.17, 15) is 8.42 Å². The second-order valence-electron chi connectivity index (χ2n) is 5.31. The van der Waals surface area contributed by atoms with Crippen LogP contribution in [0.25, 0.3) is 0 Å². The van der Waals surface area contributed by atoms with Crippen molar-refractivity contribution in [3.8, 4) is 0 Å². The van der Waals surface area contributed by atoms with Gasteiger partial charge in [0.2, 0.25) is 10.0 Å². The van der Waals surface area contributed by atoms with Gasteiger partial charge in [0.25, 0.3) is 0 Å². The van der Waals surface area contributed by atoms with Crippen LogP contribution >= 0.6 is 12.2 Å². The van der Waals surface area contributed by atoms with Crippen molar-refractivity contribution in [2.24, 2.45) is 11.7 Å². The first-order valence-corrected chi connectivity index (χ1v) is 8.28. The van der Waals surface area contributed by atoms with E-state index in [4.69, 9.17) is 18.0 Å². The van der Waals surface area contributed by atoms with Crippen molar-refractivity contribution in [2.75, 3.05) is 6.54 Å². The Hall–Kier alpha value is -1.05. The molecule has 1 heterocycles. The molecule has 0 radical (unpaired) electrons. The molecule has 1 aromatic heterocycles. The Kier molecular flexibility index (Phi) is 5.61. The fraction of sp³-hybridized carbons (Fsp3) is 0.538. The summed E-state index contributed by atoms with van der Waals surface area (Å²) in [6.45, 7) is 8.16. The second kappa shape index (κ2) is 6.60. The van der Waals surface area contributed by atoms with E-state index in [-0.39, 0.29) is 21.8 Å². The number of aromatic nitrogens is 1. The van der Waals surface area contributed by atoms with Crippen LogP contribution in [0.4, 0.5) is 0 Å². The zero-order valence-electron chi connectivity index (χ0n) is 12.2. The lowest BCUT2D eigenvalue weighted by molar-refractivity contribution is 0.319. The van der Waals surface area contributed by atoms with Gasteiger partial charge in [0.15, 0.2) is 0 Å². The molecule has 0 aliphatic rings. The van der Waals surface area contributed by atoms with E-state index >= 15 is 0 Å². The number of thiocarbonyl (C=S) groups is 1. The maximum atomic E-state index is 12.6. The van der Waals surface area contributed by atoms with Gasteiger partial charge >= 0.3 is 0 Å². The van der Waals surface area contributed by atoms with Crippen LogP contribution in [0.5, 0.6) is 0 Å². The van der Waals surface area contributed by atoms with Crippen molar-refractivity contribution in [2.45, 2.75) is 38.6 Å². The molecule has 0 aromatic carbocycles. The highest BCUT2D eigenvalue weighted by molar-refractivity contribution is 7.89. The van der Waals surface area contributed by atoms with E-state index < -0.39 is 10.0 Å². The standard InChI is InChI=1S/C13H21N3O2S2/c1-9(2)8-16(10(3)4)20(17,18)11-5-6-12(13(14)19)15-7-11/h5-7,9-10H,8H2,1-4H3,(H2,14,19). The number of sulfonamides is 1. The second-order valence-corrected chi connectivity index (χ2v) is 7.64. The summed E-state index contributed by atoms with van der Waals surface area (Å²) in [6.07, 6.45) is 1.31. The first kappa shape index (κ1) is 17.0. The van der Waals surface area contributed by atoms with Crippen molar-refractivity contribution < 1.29 is 8.42 Å². The number of hydrogen-bond acceptors (Lipinski definition) is 4. The molecule has 7 heteroatoms. The summed E-state index contributed by atoms with van der Waals surface area (Å²) in [5.41, 5.74) is 5.87. The molecule has 2 N–H and O–H groups in total. The van der Waals surface area contributed by atoms with E-state index in [2.05, 4.69) is 4.98 Å². The number of hydrogen-bond donors (Lipinski definition) is 1. The van der Waals surface area contributed by atoms with Crippen LogP contribution in [0.3, 0.4) is 0 Å². The van der Waals surface area contributed by atoms with Crippen LogP contribution in [0.15, 0.2) is 23.2 Å². The normalized spacial score (nSPS) is 12.3. The topological polar surface area (TPSA) is 76.3 Å². The Balaban J connectivity index is 3.16. The minimum atomic E-state index is -3.55. The monoisotopic (exact) mass is 315 g/mol. The van der Waals surface area contributed by atoms with Crippen LogP contribution in [0, 0.1) is 5.92 Å².